The minimum absolute atomic E-state index is 0.381. The van der Waals surface area contributed by atoms with E-state index in [4.69, 9.17) is 16.2 Å². The molecule has 4 aromatic rings. The van der Waals surface area contributed by atoms with Gasteiger partial charge in [-0.15, -0.1) is 0 Å². The monoisotopic (exact) mass is 370 g/mol. The summed E-state index contributed by atoms with van der Waals surface area (Å²) in [6, 6.07) is 22.3. The molecule has 0 fully saturated rings. The van der Waals surface area contributed by atoms with Crippen molar-refractivity contribution in [2.45, 2.75) is 0 Å². The molecule has 28 heavy (non-hydrogen) atoms. The third kappa shape index (κ3) is 3.99. The number of benzene rings is 2. The van der Waals surface area contributed by atoms with Gasteiger partial charge < -0.3 is 21.5 Å². The van der Waals surface area contributed by atoms with Gasteiger partial charge in [-0.1, -0.05) is 18.2 Å². The molecule has 0 unspecified atom stereocenters. The van der Waals surface area contributed by atoms with E-state index in [1.165, 1.54) is 6.33 Å². The Morgan fingerprint density at radius 1 is 0.786 bits per heavy atom. The molecule has 7 heteroatoms. The number of rotatable bonds is 5. The summed E-state index contributed by atoms with van der Waals surface area (Å²) in [4.78, 5) is 12.8. The lowest BCUT2D eigenvalue weighted by Crippen LogP contribution is -2.00. The first kappa shape index (κ1) is 17.3. The van der Waals surface area contributed by atoms with Crippen LogP contribution in [0.15, 0.2) is 79.1 Å². The van der Waals surface area contributed by atoms with Gasteiger partial charge in [0, 0.05) is 11.8 Å². The Kier molecular flexibility index (Phi) is 4.71. The number of anilines is 4. The number of pyridine rings is 1. The summed E-state index contributed by atoms with van der Waals surface area (Å²) >= 11 is 0. The van der Waals surface area contributed by atoms with Gasteiger partial charge in [0.1, 0.15) is 35.2 Å². The molecule has 0 amide bonds. The second-order valence-electron chi connectivity index (χ2n) is 6.03. The Bertz CT molecular complexity index is 1080. The zero-order valence-electron chi connectivity index (χ0n) is 14.9. The molecule has 2 aromatic carbocycles. The highest BCUT2D eigenvalue weighted by Gasteiger charge is 2.08. The minimum Gasteiger partial charge on any atom is -0.457 e. The number of hydrogen-bond acceptors (Lipinski definition) is 7. The van der Waals surface area contributed by atoms with Crippen LogP contribution in [-0.4, -0.2) is 15.0 Å². The molecule has 4 rings (SSSR count). The Labute approximate surface area is 162 Å². The summed E-state index contributed by atoms with van der Waals surface area (Å²) in [6.45, 7) is 0. The first-order valence-electron chi connectivity index (χ1n) is 8.62. The summed E-state index contributed by atoms with van der Waals surface area (Å²) in [6.07, 6.45) is 1.45. The van der Waals surface area contributed by atoms with Crippen LogP contribution in [0.4, 0.5) is 23.0 Å². The summed E-state index contributed by atoms with van der Waals surface area (Å²) < 4.78 is 5.80. The molecule has 0 saturated heterocycles. The van der Waals surface area contributed by atoms with Crippen molar-refractivity contribution in [2.24, 2.45) is 0 Å². The smallest absolute Gasteiger partial charge is 0.134 e. The molecular formula is C21H18N6O. The summed E-state index contributed by atoms with van der Waals surface area (Å²) in [5.74, 6) is 2.53. The molecular weight excluding hydrogens is 352 g/mol. The van der Waals surface area contributed by atoms with Crippen molar-refractivity contribution in [3.05, 3.63) is 79.1 Å². The maximum atomic E-state index is 5.99. The van der Waals surface area contributed by atoms with Crippen LogP contribution in [0.3, 0.4) is 0 Å². The number of nitrogens with two attached hydrogens (primary N) is 2. The van der Waals surface area contributed by atoms with Gasteiger partial charge in [-0.05, 0) is 48.5 Å². The average Bonchev–Trinajstić information content (AvgIpc) is 2.72. The number of nitrogens with zero attached hydrogens (tertiary/aromatic N) is 3. The number of para-hydroxylation sites is 1. The summed E-state index contributed by atoms with van der Waals surface area (Å²) in [5, 5.41) is 3.23. The molecule has 0 aliphatic rings. The molecule has 7 nitrogen and oxygen atoms in total. The van der Waals surface area contributed by atoms with Gasteiger partial charge in [0.25, 0.3) is 0 Å². The van der Waals surface area contributed by atoms with Crippen molar-refractivity contribution in [3.8, 4) is 22.9 Å². The van der Waals surface area contributed by atoms with E-state index in [2.05, 4.69) is 20.3 Å². The Balaban J connectivity index is 1.51. The van der Waals surface area contributed by atoms with Crippen LogP contribution in [0.2, 0.25) is 0 Å². The molecule has 0 radical (unpaired) electrons. The van der Waals surface area contributed by atoms with Gasteiger partial charge in [0.15, 0.2) is 0 Å². The molecule has 0 bridgehead atoms. The van der Waals surface area contributed by atoms with E-state index in [0.29, 0.717) is 28.7 Å². The van der Waals surface area contributed by atoms with Crippen LogP contribution in [0, 0.1) is 0 Å². The van der Waals surface area contributed by atoms with E-state index in [0.717, 1.165) is 17.2 Å². The Morgan fingerprint density at radius 3 is 2.32 bits per heavy atom. The highest BCUT2D eigenvalue weighted by Crippen LogP contribution is 2.26. The van der Waals surface area contributed by atoms with Crippen LogP contribution >= 0.6 is 0 Å². The molecule has 2 heterocycles. The molecule has 5 N–H and O–H groups in total. The first-order chi connectivity index (χ1) is 13.7. The molecule has 0 atom stereocenters. The molecule has 138 valence electrons. The zero-order chi connectivity index (χ0) is 19.3. The van der Waals surface area contributed by atoms with E-state index in [9.17, 15) is 0 Å². The van der Waals surface area contributed by atoms with Gasteiger partial charge in [0.2, 0.25) is 0 Å². The number of hydrogen-bond donors (Lipinski definition) is 3. The van der Waals surface area contributed by atoms with Crippen LogP contribution < -0.4 is 21.5 Å². The highest BCUT2D eigenvalue weighted by molar-refractivity contribution is 5.73. The molecule has 0 aliphatic heterocycles. The van der Waals surface area contributed by atoms with E-state index in [1.807, 2.05) is 54.6 Å². The second kappa shape index (κ2) is 7.63. The number of ether oxygens (including phenoxy) is 1. The third-order valence-corrected chi connectivity index (χ3v) is 3.96. The highest BCUT2D eigenvalue weighted by atomic mass is 16.5. The van der Waals surface area contributed by atoms with E-state index in [-0.39, 0.29) is 0 Å². The molecule has 0 aliphatic carbocycles. The largest absolute Gasteiger partial charge is 0.457 e. The van der Waals surface area contributed by atoms with Crippen LogP contribution in [-0.2, 0) is 0 Å². The van der Waals surface area contributed by atoms with Crippen molar-refractivity contribution in [3.63, 3.8) is 0 Å². The predicted octanol–water partition coefficient (Wildman–Crippen LogP) is 4.24. The molecule has 0 saturated carbocycles. The summed E-state index contributed by atoms with van der Waals surface area (Å²) in [5.41, 5.74) is 14.2. The average molecular weight is 370 g/mol. The van der Waals surface area contributed by atoms with Crippen molar-refractivity contribution in [1.82, 2.24) is 15.0 Å². The van der Waals surface area contributed by atoms with Crippen LogP contribution in [0.1, 0.15) is 0 Å². The van der Waals surface area contributed by atoms with Gasteiger partial charge in [0.05, 0.1) is 11.4 Å². The third-order valence-electron chi connectivity index (χ3n) is 3.96. The zero-order valence-corrected chi connectivity index (χ0v) is 14.9. The fourth-order valence-corrected chi connectivity index (χ4v) is 2.62. The SMILES string of the molecule is Nc1ccc(N)c(-c2cc(Nc3ccc(Oc4ccccc4)cc3)ncn2)n1. The number of nitrogens with one attached hydrogen (secondary N) is 1. The van der Waals surface area contributed by atoms with Crippen molar-refractivity contribution in [1.29, 1.82) is 0 Å². The van der Waals surface area contributed by atoms with Gasteiger partial charge in [-0.2, -0.15) is 0 Å². The first-order valence-corrected chi connectivity index (χ1v) is 8.62. The lowest BCUT2D eigenvalue weighted by molar-refractivity contribution is 0.483. The number of aromatic nitrogens is 3. The quantitative estimate of drug-likeness (QED) is 0.482. The van der Waals surface area contributed by atoms with Gasteiger partial charge >= 0.3 is 0 Å². The fraction of sp³-hybridized carbons (Fsp3) is 0. The lowest BCUT2D eigenvalue weighted by Gasteiger charge is -2.10. The minimum atomic E-state index is 0.381. The maximum Gasteiger partial charge on any atom is 0.134 e. The van der Waals surface area contributed by atoms with E-state index >= 15 is 0 Å². The van der Waals surface area contributed by atoms with Crippen molar-refractivity contribution < 1.29 is 4.74 Å². The van der Waals surface area contributed by atoms with Crippen LogP contribution in [0.25, 0.3) is 11.4 Å². The standard InChI is InChI=1S/C21H18N6O/c22-17-10-11-19(23)27-21(17)18-12-20(25-13-24-18)26-14-6-8-16(9-7-14)28-15-4-2-1-3-5-15/h1-13H,22H2,(H2,23,27)(H,24,25,26). The van der Waals surface area contributed by atoms with Gasteiger partial charge in [-0.3, -0.25) is 0 Å². The van der Waals surface area contributed by atoms with Crippen LogP contribution in [0.5, 0.6) is 11.5 Å². The summed E-state index contributed by atoms with van der Waals surface area (Å²) in [7, 11) is 0. The van der Waals surface area contributed by atoms with Gasteiger partial charge in [-0.25, -0.2) is 15.0 Å². The fourth-order valence-electron chi connectivity index (χ4n) is 2.62. The van der Waals surface area contributed by atoms with Crippen molar-refractivity contribution >= 4 is 23.0 Å². The van der Waals surface area contributed by atoms with E-state index in [1.54, 1.807) is 18.2 Å². The topological polar surface area (TPSA) is 112 Å². The van der Waals surface area contributed by atoms with E-state index < -0.39 is 0 Å². The van der Waals surface area contributed by atoms with Crippen molar-refractivity contribution in [2.75, 3.05) is 16.8 Å². The predicted molar refractivity (Wildman–Crippen MR) is 110 cm³/mol. The Hall–Kier alpha value is -4.13. The lowest BCUT2D eigenvalue weighted by atomic mass is 10.2. The normalized spacial score (nSPS) is 10.4. The molecule has 0 spiro atoms. The molecule has 2 aromatic heterocycles. The number of nitrogen functional groups attached to an aromatic ring is 2. The second-order valence-corrected chi connectivity index (χ2v) is 6.03. The Morgan fingerprint density at radius 2 is 1.54 bits per heavy atom. The maximum absolute atomic E-state index is 5.99.